The molecule has 56 heavy (non-hydrogen) atoms. The zero-order valence-corrected chi connectivity index (χ0v) is 38.1. The normalized spacial score (nSPS) is 12.4. The number of hydrogen-bond acceptors (Lipinski definition) is 6. The van der Waals surface area contributed by atoms with E-state index in [1.807, 2.05) is 0 Å². The molecule has 0 saturated carbocycles. The molecule has 2 atom stereocenters. The fraction of sp³-hybridized carbons (Fsp3) is 0.940. The van der Waals surface area contributed by atoms with Crippen LogP contribution in [0.1, 0.15) is 278 Å². The Morgan fingerprint density at radius 3 is 0.929 bits per heavy atom. The molecular formula is C50H96O6. The first-order valence-electron chi connectivity index (χ1n) is 24.9. The lowest BCUT2D eigenvalue weighted by Crippen LogP contribution is -2.30. The summed E-state index contributed by atoms with van der Waals surface area (Å²) in [4.78, 5) is 37.8. The highest BCUT2D eigenvalue weighted by molar-refractivity contribution is 5.71. The van der Waals surface area contributed by atoms with Gasteiger partial charge >= 0.3 is 17.9 Å². The Bertz CT molecular complexity index is 843. The summed E-state index contributed by atoms with van der Waals surface area (Å²) in [7, 11) is 0. The maximum absolute atomic E-state index is 12.8. The summed E-state index contributed by atoms with van der Waals surface area (Å²) in [5.41, 5.74) is 0. The van der Waals surface area contributed by atoms with Gasteiger partial charge in [-0.05, 0) is 25.2 Å². The molecule has 0 fully saturated rings. The quantitative estimate of drug-likeness (QED) is 0.0347. The van der Waals surface area contributed by atoms with E-state index in [1.54, 1.807) is 0 Å². The highest BCUT2D eigenvalue weighted by Crippen LogP contribution is 2.17. The first kappa shape index (κ1) is 54.4. The van der Waals surface area contributed by atoms with Crippen LogP contribution in [0.25, 0.3) is 0 Å². The maximum Gasteiger partial charge on any atom is 0.306 e. The highest BCUT2D eigenvalue weighted by Gasteiger charge is 2.19. The van der Waals surface area contributed by atoms with E-state index in [0.717, 1.165) is 63.7 Å². The summed E-state index contributed by atoms with van der Waals surface area (Å²) < 4.78 is 16.8. The van der Waals surface area contributed by atoms with E-state index in [2.05, 4.69) is 27.7 Å². The Kier molecular flexibility index (Phi) is 43.2. The Morgan fingerprint density at radius 2 is 0.625 bits per heavy atom. The van der Waals surface area contributed by atoms with E-state index < -0.39 is 6.10 Å². The lowest BCUT2D eigenvalue weighted by atomic mass is 10.00. The average Bonchev–Trinajstić information content (AvgIpc) is 3.19. The topological polar surface area (TPSA) is 78.9 Å². The van der Waals surface area contributed by atoms with Gasteiger partial charge in [0.1, 0.15) is 13.2 Å². The molecule has 0 aromatic carbocycles. The molecule has 0 rings (SSSR count). The minimum atomic E-state index is -0.760. The van der Waals surface area contributed by atoms with Gasteiger partial charge in [-0.1, -0.05) is 240 Å². The maximum atomic E-state index is 12.8. The number of esters is 3. The summed E-state index contributed by atoms with van der Waals surface area (Å²) >= 11 is 0. The summed E-state index contributed by atoms with van der Waals surface area (Å²) in [6, 6.07) is 0. The van der Waals surface area contributed by atoms with Crippen molar-refractivity contribution >= 4 is 17.9 Å². The minimum Gasteiger partial charge on any atom is -0.462 e. The van der Waals surface area contributed by atoms with Gasteiger partial charge in [-0.25, -0.2) is 0 Å². The Balaban J connectivity index is 4.31. The molecular weight excluding hydrogens is 697 g/mol. The number of ether oxygens (including phenoxy) is 3. The third-order valence-electron chi connectivity index (χ3n) is 11.7. The van der Waals surface area contributed by atoms with Crippen LogP contribution in [0.3, 0.4) is 0 Å². The van der Waals surface area contributed by atoms with E-state index >= 15 is 0 Å². The molecule has 0 aliphatic heterocycles. The number of hydrogen-bond donors (Lipinski definition) is 0. The summed E-state index contributed by atoms with van der Waals surface area (Å²) in [5.74, 6) is -0.0355. The van der Waals surface area contributed by atoms with Crippen molar-refractivity contribution in [3.63, 3.8) is 0 Å². The van der Waals surface area contributed by atoms with Crippen molar-refractivity contribution in [2.45, 2.75) is 284 Å². The first-order chi connectivity index (χ1) is 27.4. The van der Waals surface area contributed by atoms with Crippen LogP contribution >= 0.6 is 0 Å². The number of carbonyl (C=O) groups excluding carboxylic acids is 3. The van der Waals surface area contributed by atoms with E-state index in [4.69, 9.17) is 14.2 Å². The molecule has 0 aromatic heterocycles. The van der Waals surface area contributed by atoms with Gasteiger partial charge in [-0.15, -0.1) is 0 Å². The lowest BCUT2D eigenvalue weighted by molar-refractivity contribution is -0.167. The molecule has 0 bridgehead atoms. The number of carbonyl (C=O) groups is 3. The molecule has 0 aliphatic carbocycles. The van der Waals surface area contributed by atoms with E-state index in [-0.39, 0.29) is 31.1 Å². The van der Waals surface area contributed by atoms with Gasteiger partial charge < -0.3 is 14.2 Å². The fourth-order valence-corrected chi connectivity index (χ4v) is 7.48. The van der Waals surface area contributed by atoms with Crippen LogP contribution in [-0.2, 0) is 28.6 Å². The number of unbranched alkanes of at least 4 members (excludes halogenated alkanes) is 31. The first-order valence-corrected chi connectivity index (χ1v) is 24.9. The lowest BCUT2D eigenvalue weighted by Gasteiger charge is -2.18. The zero-order chi connectivity index (χ0) is 41.0. The van der Waals surface area contributed by atoms with E-state index in [1.165, 1.54) is 173 Å². The van der Waals surface area contributed by atoms with Crippen LogP contribution in [0.2, 0.25) is 0 Å². The van der Waals surface area contributed by atoms with Gasteiger partial charge in [-0.3, -0.25) is 14.4 Å². The van der Waals surface area contributed by atoms with Gasteiger partial charge in [0.05, 0.1) is 0 Å². The fourth-order valence-electron chi connectivity index (χ4n) is 7.48. The molecule has 0 amide bonds. The van der Waals surface area contributed by atoms with Crippen molar-refractivity contribution < 1.29 is 28.6 Å². The van der Waals surface area contributed by atoms with Crippen LogP contribution in [0.15, 0.2) is 0 Å². The van der Waals surface area contributed by atoms with Crippen LogP contribution in [0.5, 0.6) is 0 Å². The molecule has 6 heteroatoms. The highest BCUT2D eigenvalue weighted by atomic mass is 16.6. The van der Waals surface area contributed by atoms with Crippen LogP contribution in [0, 0.1) is 5.92 Å². The van der Waals surface area contributed by atoms with Crippen molar-refractivity contribution in [3.8, 4) is 0 Å². The Morgan fingerprint density at radius 1 is 0.357 bits per heavy atom. The predicted octanol–water partition coefficient (Wildman–Crippen LogP) is 15.9. The average molecular weight is 793 g/mol. The molecule has 6 nitrogen and oxygen atoms in total. The summed E-state index contributed by atoms with van der Waals surface area (Å²) in [5, 5.41) is 0. The van der Waals surface area contributed by atoms with Gasteiger partial charge in [0.25, 0.3) is 0 Å². The van der Waals surface area contributed by atoms with Crippen LogP contribution in [-0.4, -0.2) is 37.2 Å². The number of rotatable bonds is 45. The molecule has 0 aliphatic rings. The van der Waals surface area contributed by atoms with Crippen molar-refractivity contribution in [1.29, 1.82) is 0 Å². The minimum absolute atomic E-state index is 0.0636. The second-order valence-corrected chi connectivity index (χ2v) is 17.3. The van der Waals surface area contributed by atoms with Gasteiger partial charge in [-0.2, -0.15) is 0 Å². The molecule has 332 valence electrons. The molecule has 0 saturated heterocycles. The smallest absolute Gasteiger partial charge is 0.306 e. The van der Waals surface area contributed by atoms with Crippen molar-refractivity contribution in [2.75, 3.05) is 13.2 Å². The standard InChI is InChI=1S/C50H96O6/c1-5-8-10-12-14-16-18-20-22-24-26-28-33-37-41-48(51)54-44-47(45-55-49(52)42-38-34-31-30-32-36-40-46(4)7-3)56-50(53)43-39-35-29-27-25-23-21-19-17-15-13-11-9-6-2/h46-47H,5-45H2,1-4H3/t46?,47-/m0/s1. The predicted molar refractivity (Wildman–Crippen MR) is 238 cm³/mol. The van der Waals surface area contributed by atoms with Crippen molar-refractivity contribution in [1.82, 2.24) is 0 Å². The summed E-state index contributed by atoms with van der Waals surface area (Å²) in [6.45, 7) is 8.99. The summed E-state index contributed by atoms with van der Waals surface area (Å²) in [6.07, 6.45) is 45.1. The second-order valence-electron chi connectivity index (χ2n) is 17.3. The third kappa shape index (κ3) is 42.0. The Hall–Kier alpha value is -1.59. The van der Waals surface area contributed by atoms with Crippen LogP contribution < -0.4 is 0 Å². The molecule has 0 radical (unpaired) electrons. The van der Waals surface area contributed by atoms with Gasteiger partial charge in [0.15, 0.2) is 6.10 Å². The molecule has 0 spiro atoms. The molecule has 0 aromatic rings. The third-order valence-corrected chi connectivity index (χ3v) is 11.7. The molecule has 1 unspecified atom stereocenters. The van der Waals surface area contributed by atoms with Crippen LogP contribution in [0.4, 0.5) is 0 Å². The largest absolute Gasteiger partial charge is 0.462 e. The molecule has 0 heterocycles. The monoisotopic (exact) mass is 793 g/mol. The second kappa shape index (κ2) is 44.5. The SMILES string of the molecule is CCCCCCCCCCCCCCCCC(=O)OC[C@@H](COC(=O)CCCCCCCCC(C)CC)OC(=O)CCCCCCCCCCCCCCCC. The van der Waals surface area contributed by atoms with Crippen molar-refractivity contribution in [3.05, 3.63) is 0 Å². The van der Waals surface area contributed by atoms with Gasteiger partial charge in [0.2, 0.25) is 0 Å². The van der Waals surface area contributed by atoms with E-state index in [9.17, 15) is 14.4 Å². The van der Waals surface area contributed by atoms with E-state index in [0.29, 0.717) is 19.3 Å². The zero-order valence-electron chi connectivity index (χ0n) is 38.1. The molecule has 0 N–H and O–H groups in total. The van der Waals surface area contributed by atoms with Crippen molar-refractivity contribution in [2.24, 2.45) is 5.92 Å². The van der Waals surface area contributed by atoms with Gasteiger partial charge in [0, 0.05) is 19.3 Å². The Labute approximate surface area is 348 Å².